The molecule has 0 aliphatic heterocycles. The molecular formula is C24H28O3S. The number of hydrogen-bond acceptors (Lipinski definition) is 4. The third-order valence-corrected chi connectivity index (χ3v) is 9.11. The van der Waals surface area contributed by atoms with Gasteiger partial charge < -0.3 is 15.3 Å². The lowest BCUT2D eigenvalue weighted by Crippen LogP contribution is -2.48. The molecule has 5 rings (SSSR count). The van der Waals surface area contributed by atoms with Gasteiger partial charge in [-0.2, -0.15) is 0 Å². The molecule has 0 unspecified atom stereocenters. The van der Waals surface area contributed by atoms with Gasteiger partial charge in [0.1, 0.15) is 11.5 Å². The summed E-state index contributed by atoms with van der Waals surface area (Å²) in [4.78, 5) is 1.18. The maximum atomic E-state index is 10.7. The Kier molecular flexibility index (Phi) is 4.40. The van der Waals surface area contributed by atoms with Crippen molar-refractivity contribution in [3.63, 3.8) is 0 Å². The Bertz CT molecular complexity index is 880. The quantitative estimate of drug-likeness (QED) is 0.662. The first-order chi connectivity index (χ1) is 13.5. The second-order valence-electron chi connectivity index (χ2n) is 9.17. The predicted molar refractivity (Wildman–Crippen MR) is 112 cm³/mol. The third-order valence-electron chi connectivity index (χ3n) is 7.78. The summed E-state index contributed by atoms with van der Waals surface area (Å²) in [6.45, 7) is 2.31. The number of hydrogen-bond donors (Lipinski definition) is 3. The molecule has 28 heavy (non-hydrogen) atoms. The first kappa shape index (κ1) is 18.4. The molecular weight excluding hydrogens is 368 g/mol. The van der Waals surface area contributed by atoms with Crippen molar-refractivity contribution in [2.75, 3.05) is 0 Å². The topological polar surface area (TPSA) is 60.7 Å². The van der Waals surface area contributed by atoms with Crippen LogP contribution in [0.15, 0.2) is 47.4 Å². The molecule has 2 aromatic carbocycles. The summed E-state index contributed by atoms with van der Waals surface area (Å²) in [7, 11) is 0. The summed E-state index contributed by atoms with van der Waals surface area (Å²) in [6, 6.07) is 13.4. The molecule has 148 valence electrons. The average molecular weight is 397 g/mol. The highest BCUT2D eigenvalue weighted by Crippen LogP contribution is 2.62. The molecule has 0 spiro atoms. The Labute approximate surface area is 170 Å². The number of aliphatic hydroxyl groups excluding tert-OH is 1. The fourth-order valence-electron chi connectivity index (χ4n) is 6.35. The van der Waals surface area contributed by atoms with E-state index in [9.17, 15) is 15.3 Å². The molecule has 0 radical (unpaired) electrons. The van der Waals surface area contributed by atoms with Crippen LogP contribution in [0.5, 0.6) is 11.5 Å². The lowest BCUT2D eigenvalue weighted by atomic mass is 9.55. The van der Waals surface area contributed by atoms with Crippen LogP contribution in [-0.4, -0.2) is 26.7 Å². The van der Waals surface area contributed by atoms with Gasteiger partial charge in [-0.25, -0.2) is 0 Å². The molecule has 0 aromatic heterocycles. The first-order valence-corrected chi connectivity index (χ1v) is 11.3. The highest BCUT2D eigenvalue weighted by molar-refractivity contribution is 8.00. The SMILES string of the molecule is C[C@]12CC[C@@H]3c4ccc(O)cc4C[C@@H](Sc4ccc(O)cc4)[C@H]3[C@@H]1CC[C@@H]2O. The Morgan fingerprint density at radius 2 is 1.71 bits per heavy atom. The van der Waals surface area contributed by atoms with Crippen LogP contribution >= 0.6 is 11.8 Å². The molecule has 3 nitrogen and oxygen atoms in total. The molecule has 0 amide bonds. The normalized spacial score (nSPS) is 36.4. The minimum absolute atomic E-state index is 0.0311. The maximum Gasteiger partial charge on any atom is 0.115 e. The van der Waals surface area contributed by atoms with Crippen molar-refractivity contribution in [1.82, 2.24) is 0 Å². The summed E-state index contributed by atoms with van der Waals surface area (Å²) in [5, 5.41) is 30.8. The van der Waals surface area contributed by atoms with Gasteiger partial charge in [0.15, 0.2) is 0 Å². The number of rotatable bonds is 2. The number of phenolic OH excluding ortho intramolecular Hbond substituents is 2. The molecule has 3 aliphatic rings. The van der Waals surface area contributed by atoms with Gasteiger partial charge in [-0.05, 0) is 103 Å². The van der Waals surface area contributed by atoms with Crippen molar-refractivity contribution < 1.29 is 15.3 Å². The number of thioether (sulfide) groups is 1. The molecule has 3 N–H and O–H groups in total. The largest absolute Gasteiger partial charge is 0.508 e. The van der Waals surface area contributed by atoms with E-state index in [-0.39, 0.29) is 11.5 Å². The van der Waals surface area contributed by atoms with Gasteiger partial charge in [-0.15, -0.1) is 11.8 Å². The van der Waals surface area contributed by atoms with Crippen molar-refractivity contribution in [2.45, 2.75) is 61.2 Å². The summed E-state index contributed by atoms with van der Waals surface area (Å²) in [5.74, 6) is 2.22. The van der Waals surface area contributed by atoms with Gasteiger partial charge in [-0.1, -0.05) is 13.0 Å². The van der Waals surface area contributed by atoms with Crippen LogP contribution in [0.2, 0.25) is 0 Å². The molecule has 0 heterocycles. The van der Waals surface area contributed by atoms with E-state index < -0.39 is 0 Å². The van der Waals surface area contributed by atoms with E-state index in [0.717, 1.165) is 32.1 Å². The predicted octanol–water partition coefficient (Wildman–Crippen LogP) is 5.09. The number of aliphatic hydroxyl groups is 1. The monoisotopic (exact) mass is 396 g/mol. The van der Waals surface area contributed by atoms with Crippen LogP contribution in [0.25, 0.3) is 0 Å². The zero-order valence-corrected chi connectivity index (χ0v) is 17.0. The van der Waals surface area contributed by atoms with Crippen LogP contribution in [0.3, 0.4) is 0 Å². The second kappa shape index (κ2) is 6.70. The lowest BCUT2D eigenvalue weighted by Gasteiger charge is -2.52. The third kappa shape index (κ3) is 2.84. The van der Waals surface area contributed by atoms with Gasteiger partial charge in [0, 0.05) is 10.1 Å². The minimum Gasteiger partial charge on any atom is -0.508 e. The Morgan fingerprint density at radius 3 is 2.50 bits per heavy atom. The van der Waals surface area contributed by atoms with Crippen LogP contribution in [-0.2, 0) is 6.42 Å². The van der Waals surface area contributed by atoms with Gasteiger partial charge in [-0.3, -0.25) is 0 Å². The van der Waals surface area contributed by atoms with E-state index in [0.29, 0.717) is 34.5 Å². The van der Waals surface area contributed by atoms with Crippen molar-refractivity contribution in [1.29, 1.82) is 0 Å². The van der Waals surface area contributed by atoms with E-state index in [1.54, 1.807) is 12.1 Å². The maximum absolute atomic E-state index is 10.7. The van der Waals surface area contributed by atoms with Gasteiger partial charge >= 0.3 is 0 Å². The zero-order chi connectivity index (χ0) is 19.5. The van der Waals surface area contributed by atoms with Crippen molar-refractivity contribution in [3.05, 3.63) is 53.6 Å². The van der Waals surface area contributed by atoms with Crippen molar-refractivity contribution in [2.24, 2.45) is 17.3 Å². The minimum atomic E-state index is -0.181. The fourth-order valence-corrected chi connectivity index (χ4v) is 7.79. The van der Waals surface area contributed by atoms with Gasteiger partial charge in [0.2, 0.25) is 0 Å². The Hall–Kier alpha value is -1.65. The van der Waals surface area contributed by atoms with E-state index in [1.807, 2.05) is 36.0 Å². The number of phenols is 2. The summed E-state index contributed by atoms with van der Waals surface area (Å²) in [6.07, 6.45) is 4.98. The highest BCUT2D eigenvalue weighted by atomic mass is 32.2. The first-order valence-electron chi connectivity index (χ1n) is 10.4. The Morgan fingerprint density at radius 1 is 0.964 bits per heavy atom. The van der Waals surface area contributed by atoms with E-state index in [1.165, 1.54) is 16.0 Å². The summed E-state index contributed by atoms with van der Waals surface area (Å²) in [5.41, 5.74) is 2.72. The Balaban J connectivity index is 1.55. The second-order valence-corrected chi connectivity index (χ2v) is 10.5. The van der Waals surface area contributed by atoms with Gasteiger partial charge in [0.25, 0.3) is 0 Å². The van der Waals surface area contributed by atoms with Crippen LogP contribution < -0.4 is 0 Å². The average Bonchev–Trinajstić information content (AvgIpc) is 2.98. The number of benzene rings is 2. The van der Waals surface area contributed by atoms with Crippen molar-refractivity contribution >= 4 is 11.8 Å². The number of aromatic hydroxyl groups is 2. The molecule has 2 saturated carbocycles. The molecule has 0 bridgehead atoms. The van der Waals surface area contributed by atoms with Crippen LogP contribution in [0.1, 0.15) is 49.7 Å². The molecule has 2 fully saturated rings. The van der Waals surface area contributed by atoms with Gasteiger partial charge in [0.05, 0.1) is 6.10 Å². The summed E-state index contributed by atoms with van der Waals surface area (Å²) >= 11 is 1.90. The van der Waals surface area contributed by atoms with E-state index in [2.05, 4.69) is 13.0 Å². The highest BCUT2D eigenvalue weighted by Gasteiger charge is 2.56. The molecule has 6 atom stereocenters. The standard InChI is InChI=1S/C24H28O3S/c1-24-11-10-19-18-7-4-16(26)12-14(18)13-21(23(19)20(24)8-9-22(24)27)28-17-5-2-15(25)3-6-17/h2-7,12,19-23,25-27H,8-11,13H2,1H3/t19-,20+,21-,22+,23-,24+/m1/s1. The lowest BCUT2D eigenvalue weighted by molar-refractivity contribution is -0.0209. The molecule has 0 saturated heterocycles. The van der Waals surface area contributed by atoms with Crippen LogP contribution in [0.4, 0.5) is 0 Å². The zero-order valence-electron chi connectivity index (χ0n) is 16.2. The molecule has 4 heteroatoms. The number of fused-ring (bicyclic) bond motifs is 5. The fraction of sp³-hybridized carbons (Fsp3) is 0.500. The molecule has 2 aromatic rings. The van der Waals surface area contributed by atoms with Crippen molar-refractivity contribution in [3.8, 4) is 11.5 Å². The summed E-state index contributed by atoms with van der Waals surface area (Å²) < 4.78 is 0. The van der Waals surface area contributed by atoms with Crippen LogP contribution in [0, 0.1) is 17.3 Å². The van der Waals surface area contributed by atoms with E-state index >= 15 is 0 Å². The molecule has 3 aliphatic carbocycles. The van der Waals surface area contributed by atoms with E-state index in [4.69, 9.17) is 0 Å². The smallest absolute Gasteiger partial charge is 0.115 e.